The highest BCUT2D eigenvalue weighted by molar-refractivity contribution is 8.17. The molecule has 74 valence electrons. The van der Waals surface area contributed by atoms with Crippen LogP contribution < -0.4 is 0 Å². The summed E-state index contributed by atoms with van der Waals surface area (Å²) in [4.78, 5) is 0. The lowest BCUT2D eigenvalue weighted by molar-refractivity contribution is 0.870. The van der Waals surface area contributed by atoms with Crippen LogP contribution in [0.3, 0.4) is 0 Å². The summed E-state index contributed by atoms with van der Waals surface area (Å²) in [7, 11) is 0. The summed E-state index contributed by atoms with van der Waals surface area (Å²) in [5.41, 5.74) is 0. The Balaban J connectivity index is 3.40. The van der Waals surface area contributed by atoms with Gasteiger partial charge < -0.3 is 0 Å². The minimum atomic E-state index is 0.701. The minimum Gasteiger partial charge on any atom is -0.146 e. The fourth-order valence-electron chi connectivity index (χ4n) is 0.802. The first-order chi connectivity index (χ1) is 5.85. The maximum atomic E-state index is 5.62. The van der Waals surface area contributed by atoms with Gasteiger partial charge in [-0.1, -0.05) is 13.3 Å². The summed E-state index contributed by atoms with van der Waals surface area (Å²) in [6.07, 6.45) is 2.51. The molecule has 0 fully saturated rings. The van der Waals surface area contributed by atoms with E-state index in [9.17, 15) is 0 Å². The molecule has 12 heavy (non-hydrogen) atoms. The predicted octanol–water partition coefficient (Wildman–Crippen LogP) is 4.06. The molecule has 0 aromatic rings. The van der Waals surface area contributed by atoms with Gasteiger partial charge in [-0.15, -0.1) is 46.7 Å². The molecule has 0 atom stereocenters. The molecule has 0 unspecified atom stereocenters. The van der Waals surface area contributed by atoms with Crippen molar-refractivity contribution in [3.8, 4) is 0 Å². The SMILES string of the molecule is CCCC(SCCCl)SCCCl. The Hall–Kier alpha value is 1.28. The molecule has 0 aliphatic heterocycles. The van der Waals surface area contributed by atoms with Crippen molar-refractivity contribution < 1.29 is 0 Å². The number of rotatable bonds is 8. The third-order valence-electron chi connectivity index (χ3n) is 1.29. The molecule has 0 amide bonds. The highest BCUT2D eigenvalue weighted by Gasteiger charge is 2.07. The van der Waals surface area contributed by atoms with Gasteiger partial charge in [-0.2, -0.15) is 0 Å². The Bertz CT molecular complexity index is 83.1. The van der Waals surface area contributed by atoms with Gasteiger partial charge in [0.1, 0.15) is 0 Å². The fraction of sp³-hybridized carbons (Fsp3) is 1.00. The summed E-state index contributed by atoms with van der Waals surface area (Å²) in [5.74, 6) is 3.63. The molecule has 0 bridgehead atoms. The molecule has 0 saturated carbocycles. The minimum absolute atomic E-state index is 0.701. The third-order valence-corrected chi connectivity index (χ3v) is 5.02. The Morgan fingerprint density at radius 1 is 1.08 bits per heavy atom. The van der Waals surface area contributed by atoms with Crippen molar-refractivity contribution >= 4 is 46.7 Å². The standard InChI is InChI=1S/C8H16Cl2S2/c1-2-3-8(11-6-4-9)12-7-5-10/h8H,2-7H2,1H3. The number of thioether (sulfide) groups is 2. The van der Waals surface area contributed by atoms with E-state index in [4.69, 9.17) is 23.2 Å². The van der Waals surface area contributed by atoms with E-state index >= 15 is 0 Å². The Morgan fingerprint density at radius 2 is 1.58 bits per heavy atom. The van der Waals surface area contributed by atoms with E-state index < -0.39 is 0 Å². The highest BCUT2D eigenvalue weighted by atomic mass is 35.5. The van der Waals surface area contributed by atoms with Gasteiger partial charge in [-0.05, 0) is 6.42 Å². The number of hydrogen-bond acceptors (Lipinski definition) is 2. The molecular weight excluding hydrogens is 231 g/mol. The first-order valence-corrected chi connectivity index (χ1v) is 7.37. The number of alkyl halides is 2. The molecule has 0 heterocycles. The molecule has 0 spiro atoms. The molecule has 0 aliphatic carbocycles. The molecule has 0 nitrogen and oxygen atoms in total. The van der Waals surface area contributed by atoms with Crippen LogP contribution in [0.15, 0.2) is 0 Å². The summed E-state index contributed by atoms with van der Waals surface area (Å²) < 4.78 is 0.701. The first kappa shape index (κ1) is 13.3. The maximum absolute atomic E-state index is 5.62. The van der Waals surface area contributed by atoms with Gasteiger partial charge in [0.15, 0.2) is 0 Å². The largest absolute Gasteiger partial charge is 0.146 e. The molecule has 0 N–H and O–H groups in total. The van der Waals surface area contributed by atoms with Crippen molar-refractivity contribution in [2.45, 2.75) is 24.3 Å². The summed E-state index contributed by atoms with van der Waals surface area (Å²) in [5, 5.41) is 0. The van der Waals surface area contributed by atoms with Crippen LogP contribution in [-0.4, -0.2) is 27.8 Å². The second kappa shape index (κ2) is 10.4. The van der Waals surface area contributed by atoms with Crippen LogP contribution in [0.4, 0.5) is 0 Å². The second-order valence-electron chi connectivity index (χ2n) is 2.34. The van der Waals surface area contributed by atoms with Gasteiger partial charge >= 0.3 is 0 Å². The molecule has 0 aromatic heterocycles. The van der Waals surface area contributed by atoms with Gasteiger partial charge in [0.2, 0.25) is 0 Å². The number of halogens is 2. The van der Waals surface area contributed by atoms with Crippen LogP contribution in [0.2, 0.25) is 0 Å². The van der Waals surface area contributed by atoms with E-state index in [2.05, 4.69) is 6.92 Å². The lowest BCUT2D eigenvalue weighted by Gasteiger charge is -2.13. The van der Waals surface area contributed by atoms with Crippen LogP contribution in [0.1, 0.15) is 19.8 Å². The molecule has 4 heteroatoms. The van der Waals surface area contributed by atoms with Gasteiger partial charge in [0, 0.05) is 23.3 Å². The van der Waals surface area contributed by atoms with Gasteiger partial charge in [0.25, 0.3) is 0 Å². The molecule has 0 radical (unpaired) electrons. The Morgan fingerprint density at radius 3 is 1.92 bits per heavy atom. The van der Waals surface area contributed by atoms with E-state index in [0.717, 1.165) is 23.3 Å². The van der Waals surface area contributed by atoms with Crippen molar-refractivity contribution in [3.05, 3.63) is 0 Å². The van der Waals surface area contributed by atoms with E-state index in [0.29, 0.717) is 4.58 Å². The average molecular weight is 247 g/mol. The van der Waals surface area contributed by atoms with Crippen molar-refractivity contribution in [2.24, 2.45) is 0 Å². The molecule has 0 aliphatic rings. The number of hydrogen-bond donors (Lipinski definition) is 0. The first-order valence-electron chi connectivity index (χ1n) is 4.20. The maximum Gasteiger partial charge on any atom is 0.0503 e. The summed E-state index contributed by atoms with van der Waals surface area (Å²) in [6, 6.07) is 0. The lowest BCUT2D eigenvalue weighted by atomic mass is 10.4. The van der Waals surface area contributed by atoms with E-state index in [1.54, 1.807) is 0 Å². The molecule has 0 aromatic carbocycles. The van der Waals surface area contributed by atoms with Gasteiger partial charge in [-0.25, -0.2) is 0 Å². The van der Waals surface area contributed by atoms with Gasteiger partial charge in [-0.3, -0.25) is 0 Å². The van der Waals surface area contributed by atoms with Crippen LogP contribution in [-0.2, 0) is 0 Å². The fourth-order valence-corrected chi connectivity index (χ4v) is 3.81. The smallest absolute Gasteiger partial charge is 0.0503 e. The van der Waals surface area contributed by atoms with Crippen molar-refractivity contribution in [2.75, 3.05) is 23.3 Å². The monoisotopic (exact) mass is 246 g/mol. The summed E-state index contributed by atoms with van der Waals surface area (Å²) >= 11 is 15.2. The molecule has 0 saturated heterocycles. The average Bonchev–Trinajstić information content (AvgIpc) is 2.10. The van der Waals surface area contributed by atoms with Gasteiger partial charge in [0.05, 0.1) is 4.58 Å². The normalized spacial score (nSPS) is 11.0. The van der Waals surface area contributed by atoms with Crippen LogP contribution >= 0.6 is 46.7 Å². The van der Waals surface area contributed by atoms with Crippen LogP contribution in [0.25, 0.3) is 0 Å². The van der Waals surface area contributed by atoms with E-state index in [-0.39, 0.29) is 0 Å². The van der Waals surface area contributed by atoms with Crippen LogP contribution in [0.5, 0.6) is 0 Å². The Kier molecular flexibility index (Phi) is 11.5. The molecular formula is C8H16Cl2S2. The lowest BCUT2D eigenvalue weighted by Crippen LogP contribution is -2.00. The molecule has 0 rings (SSSR count). The zero-order valence-electron chi connectivity index (χ0n) is 7.39. The van der Waals surface area contributed by atoms with Crippen molar-refractivity contribution in [1.82, 2.24) is 0 Å². The second-order valence-corrected chi connectivity index (χ2v) is 6.01. The van der Waals surface area contributed by atoms with E-state index in [1.807, 2.05) is 23.5 Å². The highest BCUT2D eigenvalue weighted by Crippen LogP contribution is 2.27. The zero-order chi connectivity index (χ0) is 9.23. The van der Waals surface area contributed by atoms with E-state index in [1.165, 1.54) is 12.8 Å². The Labute approximate surface area is 94.1 Å². The zero-order valence-corrected chi connectivity index (χ0v) is 10.5. The third kappa shape index (κ3) is 7.90. The van der Waals surface area contributed by atoms with Crippen molar-refractivity contribution in [1.29, 1.82) is 0 Å². The van der Waals surface area contributed by atoms with Crippen molar-refractivity contribution in [3.63, 3.8) is 0 Å². The quantitative estimate of drug-likeness (QED) is 0.468. The summed E-state index contributed by atoms with van der Waals surface area (Å²) in [6.45, 7) is 2.22. The predicted molar refractivity (Wildman–Crippen MR) is 65.1 cm³/mol. The van der Waals surface area contributed by atoms with Crippen LogP contribution in [0, 0.1) is 0 Å². The topological polar surface area (TPSA) is 0 Å².